The number of pyridine rings is 1. The number of aromatic nitrogens is 3. The first-order valence-electron chi connectivity index (χ1n) is 14.0. The molecule has 40 heavy (non-hydrogen) atoms. The molecule has 8 nitrogen and oxygen atoms in total. The fraction of sp³-hybridized carbons (Fsp3) is 0.387. The maximum Gasteiger partial charge on any atom is 0.274 e. The number of aryl methyl sites for hydroxylation is 3. The summed E-state index contributed by atoms with van der Waals surface area (Å²) in [6.07, 6.45) is 8.19. The zero-order chi connectivity index (χ0) is 28.0. The molecular formula is C31H35N5O3S. The number of carbonyl (C=O) groups is 1. The molecule has 0 saturated carbocycles. The van der Waals surface area contributed by atoms with Gasteiger partial charge >= 0.3 is 0 Å². The largest absolute Gasteiger partial charge is 0.378 e. The van der Waals surface area contributed by atoms with Crippen LogP contribution in [0.4, 0.5) is 17.2 Å². The number of anilines is 3. The lowest BCUT2D eigenvalue weighted by Gasteiger charge is -2.30. The molecule has 1 aliphatic heterocycles. The van der Waals surface area contributed by atoms with Crippen molar-refractivity contribution in [3.8, 4) is 11.1 Å². The summed E-state index contributed by atoms with van der Waals surface area (Å²) in [6, 6.07) is 9.92. The van der Waals surface area contributed by atoms with Crippen molar-refractivity contribution in [2.75, 3.05) is 23.9 Å². The Morgan fingerprint density at radius 1 is 1.07 bits per heavy atom. The van der Waals surface area contributed by atoms with Gasteiger partial charge in [-0.1, -0.05) is 19.1 Å². The highest BCUT2D eigenvalue weighted by atomic mass is 32.1. The third kappa shape index (κ3) is 4.57. The number of carbonyl (C=O) groups excluding carboxylic acids is 1. The second-order valence-electron chi connectivity index (χ2n) is 10.6. The lowest BCUT2D eigenvalue weighted by Crippen LogP contribution is -2.37. The number of nitrogens with zero attached hydrogens (tertiary/aromatic N) is 4. The number of thiophene rings is 1. The lowest BCUT2D eigenvalue weighted by atomic mass is 9.91. The van der Waals surface area contributed by atoms with Gasteiger partial charge in [-0.3, -0.25) is 14.3 Å². The van der Waals surface area contributed by atoms with Gasteiger partial charge in [-0.2, -0.15) is 5.10 Å². The van der Waals surface area contributed by atoms with E-state index in [1.807, 2.05) is 36.3 Å². The van der Waals surface area contributed by atoms with E-state index < -0.39 is 0 Å². The van der Waals surface area contributed by atoms with Crippen molar-refractivity contribution >= 4 is 34.4 Å². The van der Waals surface area contributed by atoms with Gasteiger partial charge in [-0.25, -0.2) is 0 Å². The van der Waals surface area contributed by atoms with Crippen LogP contribution in [0, 0.1) is 0 Å². The number of methoxy groups -OCH3 is 1. The van der Waals surface area contributed by atoms with Crippen LogP contribution in [0.3, 0.4) is 0 Å². The monoisotopic (exact) mass is 557 g/mol. The molecule has 9 heteroatoms. The smallest absolute Gasteiger partial charge is 0.274 e. The predicted octanol–water partition coefficient (Wildman–Crippen LogP) is 5.38. The van der Waals surface area contributed by atoms with Crippen LogP contribution in [0.2, 0.25) is 0 Å². The Kier molecular flexibility index (Phi) is 7.10. The van der Waals surface area contributed by atoms with E-state index in [9.17, 15) is 9.59 Å². The van der Waals surface area contributed by atoms with Crippen molar-refractivity contribution in [2.24, 2.45) is 14.1 Å². The van der Waals surface area contributed by atoms with Crippen molar-refractivity contribution in [1.82, 2.24) is 14.3 Å². The van der Waals surface area contributed by atoms with E-state index in [4.69, 9.17) is 4.74 Å². The molecule has 6 rings (SSSR count). The van der Waals surface area contributed by atoms with E-state index in [0.717, 1.165) is 58.6 Å². The van der Waals surface area contributed by atoms with Crippen LogP contribution >= 0.6 is 11.3 Å². The third-order valence-electron chi connectivity index (χ3n) is 8.13. The van der Waals surface area contributed by atoms with Crippen LogP contribution in [0.1, 0.15) is 56.7 Å². The minimum atomic E-state index is -0.141. The van der Waals surface area contributed by atoms with Crippen molar-refractivity contribution < 1.29 is 9.53 Å². The maximum atomic E-state index is 13.8. The highest BCUT2D eigenvalue weighted by Crippen LogP contribution is 2.40. The Labute approximate surface area is 238 Å². The third-order valence-corrected chi connectivity index (χ3v) is 9.45. The minimum absolute atomic E-state index is 0.123. The van der Waals surface area contributed by atoms with Crippen LogP contribution in [-0.2, 0) is 51.1 Å². The molecule has 0 spiro atoms. The Balaban J connectivity index is 1.37. The number of fused-ring (bicyclic) bond motifs is 3. The van der Waals surface area contributed by atoms with Crippen molar-refractivity contribution in [3.05, 3.63) is 79.0 Å². The molecule has 2 aliphatic rings. The molecule has 3 aromatic heterocycles. The van der Waals surface area contributed by atoms with Crippen LogP contribution in [0.25, 0.3) is 11.1 Å². The molecule has 0 bridgehead atoms. The van der Waals surface area contributed by atoms with Gasteiger partial charge in [0.2, 0.25) is 0 Å². The first-order valence-corrected chi connectivity index (χ1v) is 14.8. The van der Waals surface area contributed by atoms with Crippen LogP contribution in [-0.4, -0.2) is 33.9 Å². The summed E-state index contributed by atoms with van der Waals surface area (Å²) in [4.78, 5) is 31.2. The standard InChI is InChI=1S/C31H35N5O3S/c1-5-21-22(19-15-25(30(37)34(2)17-19)32-28-16-20(18-39-4)35(3)33-28)10-8-11-26(21)36-14-13-24-23-9-6-7-12-27(23)40-29(24)31(36)38/h8,10-11,15-17H,5-7,9,12-14,18H2,1-4H3,(H,32,33). The highest BCUT2D eigenvalue weighted by molar-refractivity contribution is 7.14. The minimum Gasteiger partial charge on any atom is -0.378 e. The summed E-state index contributed by atoms with van der Waals surface area (Å²) >= 11 is 1.72. The summed E-state index contributed by atoms with van der Waals surface area (Å²) in [6.45, 7) is 3.24. The van der Waals surface area contributed by atoms with Crippen LogP contribution in [0.15, 0.2) is 41.3 Å². The molecule has 208 valence electrons. The van der Waals surface area contributed by atoms with Gasteiger partial charge in [0.15, 0.2) is 5.82 Å². The Morgan fingerprint density at radius 3 is 2.70 bits per heavy atom. The summed E-state index contributed by atoms with van der Waals surface area (Å²) in [5.74, 6) is 0.707. The highest BCUT2D eigenvalue weighted by Gasteiger charge is 2.33. The van der Waals surface area contributed by atoms with E-state index in [-0.39, 0.29) is 11.5 Å². The molecule has 0 atom stereocenters. The van der Waals surface area contributed by atoms with Crippen LogP contribution in [0.5, 0.6) is 0 Å². The fourth-order valence-corrected chi connectivity index (χ4v) is 7.54. The first kappa shape index (κ1) is 26.5. The molecule has 4 aromatic rings. The molecule has 1 amide bonds. The molecule has 4 heterocycles. The Bertz CT molecular complexity index is 1660. The molecule has 1 aliphatic carbocycles. The number of nitrogens with one attached hydrogen (secondary N) is 1. The van der Waals surface area contributed by atoms with E-state index in [1.165, 1.54) is 28.8 Å². The quantitative estimate of drug-likeness (QED) is 0.330. The van der Waals surface area contributed by atoms with Gasteiger partial charge < -0.3 is 19.5 Å². The summed E-state index contributed by atoms with van der Waals surface area (Å²) in [5, 5.41) is 7.71. The molecule has 0 fully saturated rings. The number of rotatable bonds is 7. The van der Waals surface area contributed by atoms with E-state index >= 15 is 0 Å². The normalized spacial score (nSPS) is 14.8. The average molecular weight is 558 g/mol. The summed E-state index contributed by atoms with van der Waals surface area (Å²) < 4.78 is 8.58. The zero-order valence-electron chi connectivity index (χ0n) is 23.5. The topological polar surface area (TPSA) is 81.4 Å². The SMILES string of the molecule is CCc1c(-c2cc(Nc3cc(COC)n(C)n3)c(=O)n(C)c2)cccc1N1CCc2c(sc3c2CCCC3)C1=O. The number of hydrogen-bond acceptors (Lipinski definition) is 6. The van der Waals surface area contributed by atoms with Gasteiger partial charge in [-0.15, -0.1) is 11.3 Å². The van der Waals surface area contributed by atoms with Crippen molar-refractivity contribution in [2.45, 2.75) is 52.1 Å². The average Bonchev–Trinajstić information content (AvgIpc) is 3.51. The number of benzene rings is 1. The van der Waals surface area contributed by atoms with E-state index in [2.05, 4.69) is 29.5 Å². The zero-order valence-corrected chi connectivity index (χ0v) is 24.4. The molecule has 0 unspecified atom stereocenters. The van der Waals surface area contributed by atoms with E-state index in [1.54, 1.807) is 34.7 Å². The molecule has 1 aromatic carbocycles. The molecule has 0 radical (unpaired) electrons. The molecule has 1 N–H and O–H groups in total. The Hall–Kier alpha value is -3.69. The second kappa shape index (κ2) is 10.7. The van der Waals surface area contributed by atoms with Gasteiger partial charge in [0.25, 0.3) is 11.5 Å². The second-order valence-corrected chi connectivity index (χ2v) is 11.7. The summed E-state index contributed by atoms with van der Waals surface area (Å²) in [5.41, 5.74) is 7.94. The van der Waals surface area contributed by atoms with Gasteiger partial charge in [0.05, 0.1) is 17.2 Å². The summed E-state index contributed by atoms with van der Waals surface area (Å²) in [7, 11) is 5.25. The lowest BCUT2D eigenvalue weighted by molar-refractivity contribution is 0.0984. The first-order chi connectivity index (χ1) is 19.4. The predicted molar refractivity (Wildman–Crippen MR) is 160 cm³/mol. The van der Waals surface area contributed by atoms with Crippen molar-refractivity contribution in [3.63, 3.8) is 0 Å². The van der Waals surface area contributed by atoms with Gasteiger partial charge in [0.1, 0.15) is 5.69 Å². The maximum absolute atomic E-state index is 13.8. The number of ether oxygens (including phenoxy) is 1. The fourth-order valence-electron chi connectivity index (χ4n) is 6.15. The van der Waals surface area contributed by atoms with E-state index in [0.29, 0.717) is 24.7 Å². The number of hydrogen-bond donors (Lipinski definition) is 1. The Morgan fingerprint density at radius 2 is 1.90 bits per heavy atom. The van der Waals surface area contributed by atoms with Crippen LogP contribution < -0.4 is 15.8 Å². The molecule has 0 saturated heterocycles. The number of amides is 1. The van der Waals surface area contributed by atoms with Gasteiger partial charge in [0, 0.05) is 56.1 Å². The molecular weight excluding hydrogens is 522 g/mol. The van der Waals surface area contributed by atoms with Gasteiger partial charge in [-0.05, 0) is 72.9 Å². The van der Waals surface area contributed by atoms with Crippen molar-refractivity contribution in [1.29, 1.82) is 0 Å².